The molecule has 6 heteroatoms. The number of nitrogens with zero attached hydrogens (tertiary/aromatic N) is 1. The van der Waals surface area contributed by atoms with E-state index in [1.54, 1.807) is 12.3 Å². The molecule has 0 fully saturated rings. The third kappa shape index (κ3) is 3.41. The fourth-order valence-corrected chi connectivity index (χ4v) is 3.08. The Hall–Kier alpha value is -3.07. The van der Waals surface area contributed by atoms with E-state index in [1.807, 2.05) is 6.07 Å². The minimum absolute atomic E-state index is 0.00623. The predicted octanol–water partition coefficient (Wildman–Crippen LogP) is 2.33. The first kappa shape index (κ1) is 16.8. The van der Waals surface area contributed by atoms with E-state index in [0.29, 0.717) is 0 Å². The minimum Gasteiger partial charge on any atom is -0.464 e. The van der Waals surface area contributed by atoms with Crippen LogP contribution in [0, 0.1) is 11.3 Å². The number of rotatable bonds is 5. The zero-order chi connectivity index (χ0) is 18.0. The number of Topliss-reactive ketones (excluding diaryl/α,β-unsaturated/α-hetero) is 1. The number of hydrogen-bond acceptors (Lipinski definition) is 6. The number of carbonyl (C=O) groups is 2. The molecule has 1 aromatic carbocycles. The second kappa shape index (κ2) is 6.81. The fraction of sp³-hybridized carbons (Fsp3) is 0.316. The molecule has 0 unspecified atom stereocenters. The summed E-state index contributed by atoms with van der Waals surface area (Å²) >= 11 is 0. The number of fused-ring (bicyclic) bond motifs is 2. The van der Waals surface area contributed by atoms with Crippen molar-refractivity contribution in [2.24, 2.45) is 5.73 Å². The van der Waals surface area contributed by atoms with Gasteiger partial charge in [0.15, 0.2) is 6.61 Å². The van der Waals surface area contributed by atoms with Gasteiger partial charge in [-0.25, -0.2) is 0 Å². The van der Waals surface area contributed by atoms with Gasteiger partial charge in [0.05, 0.1) is 12.7 Å². The first-order chi connectivity index (χ1) is 12.0. The molecule has 25 heavy (non-hydrogen) atoms. The first-order valence-corrected chi connectivity index (χ1v) is 8.06. The van der Waals surface area contributed by atoms with Crippen LogP contribution >= 0.6 is 0 Å². The van der Waals surface area contributed by atoms with E-state index in [1.165, 1.54) is 18.1 Å². The number of furan rings is 1. The Balaban J connectivity index is 1.68. The van der Waals surface area contributed by atoms with Crippen molar-refractivity contribution >= 4 is 22.7 Å². The summed E-state index contributed by atoms with van der Waals surface area (Å²) in [5.41, 5.74) is 9.46. The highest BCUT2D eigenvalue weighted by molar-refractivity contribution is 6.01. The maximum Gasteiger partial charge on any atom is 0.310 e. The Kier molecular flexibility index (Phi) is 4.57. The number of nitrogens with two attached hydrogens (primary N) is 1. The van der Waals surface area contributed by atoms with Crippen molar-refractivity contribution in [3.63, 3.8) is 0 Å². The summed E-state index contributed by atoms with van der Waals surface area (Å²) in [7, 11) is 0. The van der Waals surface area contributed by atoms with Gasteiger partial charge >= 0.3 is 5.97 Å². The summed E-state index contributed by atoms with van der Waals surface area (Å²) in [6.45, 7) is 0.954. The number of allylic oxidation sites excluding steroid dienone is 1. The number of carbonyl (C=O) groups excluding carboxylic acids is 2. The van der Waals surface area contributed by atoms with Crippen molar-refractivity contribution in [3.8, 4) is 6.07 Å². The summed E-state index contributed by atoms with van der Waals surface area (Å²) in [5, 5.41) is 9.78. The van der Waals surface area contributed by atoms with Crippen LogP contribution in [-0.2, 0) is 33.6 Å². The molecular formula is C19H18N2O4. The van der Waals surface area contributed by atoms with Crippen LogP contribution in [0.15, 0.2) is 34.1 Å². The average molecular weight is 338 g/mol. The van der Waals surface area contributed by atoms with Gasteiger partial charge in [0.1, 0.15) is 17.2 Å². The van der Waals surface area contributed by atoms with Crippen LogP contribution in [0.25, 0.3) is 11.0 Å². The smallest absolute Gasteiger partial charge is 0.310 e. The molecule has 0 atom stereocenters. The number of ketones is 1. The van der Waals surface area contributed by atoms with Gasteiger partial charge in [-0.3, -0.25) is 9.59 Å². The molecule has 0 amide bonds. The van der Waals surface area contributed by atoms with E-state index in [0.717, 1.165) is 35.8 Å². The third-order valence-electron chi connectivity index (χ3n) is 4.35. The van der Waals surface area contributed by atoms with Crippen LogP contribution in [-0.4, -0.2) is 18.4 Å². The second-order valence-electron chi connectivity index (χ2n) is 6.16. The van der Waals surface area contributed by atoms with Gasteiger partial charge in [-0.2, -0.15) is 5.26 Å². The van der Waals surface area contributed by atoms with Crippen molar-refractivity contribution < 1.29 is 18.7 Å². The molecule has 1 heterocycles. The number of ether oxygens (including phenoxy) is 1. The molecule has 2 aromatic rings. The number of esters is 1. The average Bonchev–Trinajstić information content (AvgIpc) is 3.18. The van der Waals surface area contributed by atoms with Crippen LogP contribution in [0.5, 0.6) is 0 Å². The van der Waals surface area contributed by atoms with Crippen LogP contribution in [0.1, 0.15) is 30.0 Å². The van der Waals surface area contributed by atoms with E-state index >= 15 is 0 Å². The maximum absolute atomic E-state index is 12.0. The van der Waals surface area contributed by atoms with Crippen LogP contribution in [0.3, 0.4) is 0 Å². The van der Waals surface area contributed by atoms with Crippen LogP contribution < -0.4 is 5.73 Å². The Morgan fingerprint density at radius 2 is 2.04 bits per heavy atom. The Morgan fingerprint density at radius 1 is 1.32 bits per heavy atom. The first-order valence-electron chi connectivity index (χ1n) is 8.06. The van der Waals surface area contributed by atoms with E-state index in [9.17, 15) is 9.59 Å². The molecule has 0 saturated heterocycles. The lowest BCUT2D eigenvalue weighted by molar-refractivity contribution is -0.146. The molecule has 0 spiro atoms. The zero-order valence-corrected chi connectivity index (χ0v) is 13.9. The Morgan fingerprint density at radius 3 is 2.72 bits per heavy atom. The van der Waals surface area contributed by atoms with Crippen molar-refractivity contribution in [2.75, 3.05) is 6.61 Å². The topological polar surface area (TPSA) is 106 Å². The minimum atomic E-state index is -0.606. The Bertz CT molecular complexity index is 927. The van der Waals surface area contributed by atoms with Gasteiger partial charge in [0.25, 0.3) is 0 Å². The zero-order valence-electron chi connectivity index (χ0n) is 13.9. The SMILES string of the molecule is C/C(N)=C(/C#N)C(=O)COC(=O)Cc1coc2cc3c(cc12)CCC3. The molecule has 1 aliphatic carbocycles. The van der Waals surface area contributed by atoms with Gasteiger partial charge in [-0.05, 0) is 49.4 Å². The van der Waals surface area contributed by atoms with Crippen molar-refractivity contribution in [1.29, 1.82) is 5.26 Å². The summed E-state index contributed by atoms with van der Waals surface area (Å²) in [6, 6.07) is 5.82. The summed E-state index contributed by atoms with van der Waals surface area (Å²) in [6.07, 6.45) is 4.79. The highest BCUT2D eigenvalue weighted by Gasteiger charge is 2.18. The van der Waals surface area contributed by atoms with Crippen LogP contribution in [0.4, 0.5) is 0 Å². The molecule has 1 aliphatic rings. The van der Waals surface area contributed by atoms with Gasteiger partial charge in [-0.15, -0.1) is 0 Å². The summed E-state index contributed by atoms with van der Waals surface area (Å²) in [4.78, 5) is 23.8. The molecule has 0 bridgehead atoms. The summed E-state index contributed by atoms with van der Waals surface area (Å²) in [5.74, 6) is -1.16. The molecule has 128 valence electrons. The second-order valence-corrected chi connectivity index (χ2v) is 6.16. The lowest BCUT2D eigenvalue weighted by atomic mass is 10.0. The number of nitriles is 1. The molecule has 3 rings (SSSR count). The lowest BCUT2D eigenvalue weighted by Crippen LogP contribution is -2.18. The molecule has 0 radical (unpaired) electrons. The predicted molar refractivity (Wildman–Crippen MR) is 90.4 cm³/mol. The van der Waals surface area contributed by atoms with Gasteiger partial charge in [0.2, 0.25) is 5.78 Å². The number of benzene rings is 1. The standard InChI is InChI=1S/C19H18N2O4/c1-11(21)16(8-20)17(22)10-25-19(23)7-14-9-24-18-6-13-4-2-3-12(13)5-15(14)18/h5-6,9H,2-4,7,10,21H2,1H3/b16-11+. The number of hydrogen-bond donors (Lipinski definition) is 1. The summed E-state index contributed by atoms with van der Waals surface area (Å²) < 4.78 is 10.5. The largest absolute Gasteiger partial charge is 0.464 e. The molecule has 0 aliphatic heterocycles. The van der Waals surface area contributed by atoms with E-state index in [4.69, 9.17) is 20.1 Å². The van der Waals surface area contributed by atoms with Crippen molar-refractivity contribution in [2.45, 2.75) is 32.6 Å². The highest BCUT2D eigenvalue weighted by atomic mass is 16.5. The maximum atomic E-state index is 12.0. The van der Waals surface area contributed by atoms with Crippen molar-refractivity contribution in [1.82, 2.24) is 0 Å². The monoisotopic (exact) mass is 338 g/mol. The lowest BCUT2D eigenvalue weighted by Gasteiger charge is -2.04. The van der Waals surface area contributed by atoms with Gasteiger partial charge in [-0.1, -0.05) is 0 Å². The Labute approximate surface area is 144 Å². The van der Waals surface area contributed by atoms with Gasteiger partial charge in [0, 0.05) is 16.6 Å². The molecular weight excluding hydrogens is 320 g/mol. The third-order valence-corrected chi connectivity index (χ3v) is 4.35. The molecule has 0 saturated carbocycles. The van der Waals surface area contributed by atoms with Gasteiger partial charge < -0.3 is 14.9 Å². The van der Waals surface area contributed by atoms with Crippen LogP contribution in [0.2, 0.25) is 0 Å². The normalized spacial score (nSPS) is 13.9. The quantitative estimate of drug-likeness (QED) is 0.509. The molecule has 6 nitrogen and oxygen atoms in total. The fourth-order valence-electron chi connectivity index (χ4n) is 3.08. The van der Waals surface area contributed by atoms with Crippen molar-refractivity contribution in [3.05, 3.63) is 46.4 Å². The number of aryl methyl sites for hydroxylation is 2. The molecule has 2 N–H and O–H groups in total. The molecule has 1 aromatic heterocycles. The van der Waals surface area contributed by atoms with E-state index in [-0.39, 0.29) is 17.7 Å². The highest BCUT2D eigenvalue weighted by Crippen LogP contribution is 2.30. The van der Waals surface area contributed by atoms with E-state index < -0.39 is 18.4 Å². The van der Waals surface area contributed by atoms with E-state index in [2.05, 4.69) is 6.07 Å².